The minimum atomic E-state index is -0.938. The molecule has 25 heavy (non-hydrogen) atoms. The van der Waals surface area contributed by atoms with Crippen molar-refractivity contribution in [3.05, 3.63) is 76.0 Å². The Labute approximate surface area is 143 Å². The summed E-state index contributed by atoms with van der Waals surface area (Å²) in [7, 11) is 0. The Morgan fingerprint density at radius 3 is 2.60 bits per heavy atom. The number of carboxylic acid groups (broad SMARTS) is 1. The predicted molar refractivity (Wildman–Crippen MR) is 93.4 cm³/mol. The maximum Gasteiger partial charge on any atom is 0.321 e. The Kier molecular flexibility index (Phi) is 4.76. The number of nitro benzene ring substituents is 1. The number of non-ortho nitro benzene ring substituents is 1. The van der Waals surface area contributed by atoms with Crippen LogP contribution in [0.4, 0.5) is 5.69 Å². The molecule has 0 amide bonds. The fourth-order valence-corrected chi connectivity index (χ4v) is 2.74. The van der Waals surface area contributed by atoms with Crippen LogP contribution in [0.5, 0.6) is 0 Å². The fourth-order valence-electron chi connectivity index (χ4n) is 2.74. The number of nitrogens with one attached hydrogen (secondary N) is 2. The van der Waals surface area contributed by atoms with Crippen molar-refractivity contribution in [1.82, 2.24) is 10.3 Å². The highest BCUT2D eigenvalue weighted by Crippen LogP contribution is 2.19. The summed E-state index contributed by atoms with van der Waals surface area (Å²) in [6.07, 6.45) is 2.17. The van der Waals surface area contributed by atoms with Crippen molar-refractivity contribution in [2.75, 3.05) is 0 Å². The second-order valence-electron chi connectivity index (χ2n) is 5.76. The average molecular weight is 339 g/mol. The molecule has 2 aromatic carbocycles. The van der Waals surface area contributed by atoms with Crippen molar-refractivity contribution in [2.24, 2.45) is 0 Å². The Morgan fingerprint density at radius 1 is 1.20 bits per heavy atom. The summed E-state index contributed by atoms with van der Waals surface area (Å²) in [6.45, 7) is 0.317. The van der Waals surface area contributed by atoms with Gasteiger partial charge in [0.05, 0.1) is 4.92 Å². The molecule has 0 saturated carbocycles. The van der Waals surface area contributed by atoms with E-state index >= 15 is 0 Å². The number of aromatic nitrogens is 1. The maximum atomic E-state index is 11.6. The summed E-state index contributed by atoms with van der Waals surface area (Å²) in [4.78, 5) is 24.9. The van der Waals surface area contributed by atoms with Gasteiger partial charge in [-0.05, 0) is 17.2 Å². The number of nitro groups is 1. The molecule has 7 heteroatoms. The van der Waals surface area contributed by atoms with Gasteiger partial charge in [-0.1, -0.05) is 30.3 Å². The standard InChI is InChI=1S/C18H17N3O4/c22-18(23)17(9-13-11-20-16-4-2-1-3-15(13)16)19-10-12-5-7-14(8-6-12)21(24)25/h1-8,11,17,19-20H,9-10H2,(H,22,23). The van der Waals surface area contributed by atoms with Crippen molar-refractivity contribution < 1.29 is 14.8 Å². The van der Waals surface area contributed by atoms with Gasteiger partial charge in [0.2, 0.25) is 0 Å². The van der Waals surface area contributed by atoms with E-state index in [1.165, 1.54) is 12.1 Å². The molecule has 0 bridgehead atoms. The van der Waals surface area contributed by atoms with Crippen LogP contribution in [-0.4, -0.2) is 27.0 Å². The van der Waals surface area contributed by atoms with E-state index in [1.54, 1.807) is 12.1 Å². The van der Waals surface area contributed by atoms with Gasteiger partial charge in [0.15, 0.2) is 0 Å². The van der Waals surface area contributed by atoms with E-state index in [-0.39, 0.29) is 5.69 Å². The SMILES string of the molecule is O=C(O)C(Cc1c[nH]c2ccccc12)NCc1ccc([N+](=O)[O-])cc1. The van der Waals surface area contributed by atoms with Crippen LogP contribution in [-0.2, 0) is 17.8 Å². The number of H-pyrrole nitrogens is 1. The molecule has 0 saturated heterocycles. The zero-order chi connectivity index (χ0) is 17.8. The van der Waals surface area contributed by atoms with Crippen LogP contribution in [0.15, 0.2) is 54.7 Å². The second-order valence-corrected chi connectivity index (χ2v) is 5.76. The summed E-state index contributed by atoms with van der Waals surface area (Å²) in [5.74, 6) is -0.938. The number of carbonyl (C=O) groups is 1. The Balaban J connectivity index is 1.69. The van der Waals surface area contributed by atoms with Crippen molar-refractivity contribution >= 4 is 22.6 Å². The van der Waals surface area contributed by atoms with Gasteiger partial charge in [0, 0.05) is 42.2 Å². The van der Waals surface area contributed by atoms with Crippen LogP contribution in [0.25, 0.3) is 10.9 Å². The third-order valence-electron chi connectivity index (χ3n) is 4.10. The zero-order valence-corrected chi connectivity index (χ0v) is 13.3. The molecule has 1 unspecified atom stereocenters. The molecule has 0 spiro atoms. The maximum absolute atomic E-state index is 11.6. The summed E-state index contributed by atoms with van der Waals surface area (Å²) < 4.78 is 0. The number of aliphatic carboxylic acids is 1. The molecule has 1 heterocycles. The highest BCUT2D eigenvalue weighted by Gasteiger charge is 2.19. The number of carboxylic acids is 1. The van der Waals surface area contributed by atoms with Crippen molar-refractivity contribution in [3.63, 3.8) is 0 Å². The molecule has 3 aromatic rings. The first-order valence-electron chi connectivity index (χ1n) is 7.79. The molecular weight excluding hydrogens is 322 g/mol. The normalized spacial score (nSPS) is 12.2. The van der Waals surface area contributed by atoms with E-state index in [9.17, 15) is 20.0 Å². The van der Waals surface area contributed by atoms with Gasteiger partial charge in [0.25, 0.3) is 5.69 Å². The van der Waals surface area contributed by atoms with Gasteiger partial charge in [-0.2, -0.15) is 0 Å². The van der Waals surface area contributed by atoms with E-state index < -0.39 is 16.9 Å². The zero-order valence-electron chi connectivity index (χ0n) is 13.3. The first kappa shape index (κ1) is 16.7. The highest BCUT2D eigenvalue weighted by atomic mass is 16.6. The lowest BCUT2D eigenvalue weighted by Gasteiger charge is -2.14. The largest absolute Gasteiger partial charge is 0.480 e. The van der Waals surface area contributed by atoms with Crippen LogP contribution in [0, 0.1) is 10.1 Å². The summed E-state index contributed by atoms with van der Waals surface area (Å²) in [5.41, 5.74) is 2.70. The van der Waals surface area contributed by atoms with Gasteiger partial charge < -0.3 is 15.4 Å². The Bertz CT molecular complexity index is 902. The van der Waals surface area contributed by atoms with Gasteiger partial charge >= 0.3 is 5.97 Å². The minimum absolute atomic E-state index is 0.0114. The molecule has 0 fully saturated rings. The number of hydrogen-bond acceptors (Lipinski definition) is 4. The van der Waals surface area contributed by atoms with Gasteiger partial charge in [-0.3, -0.25) is 14.9 Å². The first-order valence-corrected chi connectivity index (χ1v) is 7.79. The summed E-state index contributed by atoms with van der Waals surface area (Å²) >= 11 is 0. The molecule has 3 rings (SSSR count). The fraction of sp³-hybridized carbons (Fsp3) is 0.167. The molecule has 0 aliphatic heterocycles. The number of rotatable bonds is 7. The minimum Gasteiger partial charge on any atom is -0.480 e. The number of benzene rings is 2. The third-order valence-corrected chi connectivity index (χ3v) is 4.10. The van der Waals surface area contributed by atoms with Gasteiger partial charge in [-0.25, -0.2) is 0 Å². The smallest absolute Gasteiger partial charge is 0.321 e. The molecule has 0 aliphatic rings. The molecular formula is C18H17N3O4. The summed E-state index contributed by atoms with van der Waals surface area (Å²) in [5, 5.41) is 24.1. The van der Waals surface area contributed by atoms with Crippen molar-refractivity contribution in [2.45, 2.75) is 19.0 Å². The highest BCUT2D eigenvalue weighted by molar-refractivity contribution is 5.84. The predicted octanol–water partition coefficient (Wildman–Crippen LogP) is 2.86. The van der Waals surface area contributed by atoms with Crippen molar-refractivity contribution in [1.29, 1.82) is 0 Å². The van der Waals surface area contributed by atoms with Crippen LogP contribution in [0.1, 0.15) is 11.1 Å². The molecule has 0 aliphatic carbocycles. The lowest BCUT2D eigenvalue weighted by Crippen LogP contribution is -2.38. The molecule has 1 aromatic heterocycles. The number of aromatic amines is 1. The van der Waals surface area contributed by atoms with Gasteiger partial charge in [-0.15, -0.1) is 0 Å². The number of fused-ring (bicyclic) bond motifs is 1. The molecule has 1 atom stereocenters. The Hall–Kier alpha value is -3.19. The second kappa shape index (κ2) is 7.14. The van der Waals surface area contributed by atoms with Gasteiger partial charge in [0.1, 0.15) is 6.04 Å². The number of nitrogens with zero attached hydrogens (tertiary/aromatic N) is 1. The monoisotopic (exact) mass is 339 g/mol. The molecule has 7 nitrogen and oxygen atoms in total. The van der Waals surface area contributed by atoms with E-state index in [4.69, 9.17) is 0 Å². The van der Waals surface area contributed by atoms with Crippen LogP contribution >= 0.6 is 0 Å². The third kappa shape index (κ3) is 3.84. The van der Waals surface area contributed by atoms with Crippen LogP contribution in [0.2, 0.25) is 0 Å². The average Bonchev–Trinajstić information content (AvgIpc) is 3.01. The van der Waals surface area contributed by atoms with E-state index in [0.29, 0.717) is 13.0 Å². The first-order chi connectivity index (χ1) is 12.0. The van der Waals surface area contributed by atoms with E-state index in [2.05, 4.69) is 10.3 Å². The molecule has 128 valence electrons. The topological polar surface area (TPSA) is 108 Å². The Morgan fingerprint density at radius 2 is 1.92 bits per heavy atom. The van der Waals surface area contributed by atoms with E-state index in [0.717, 1.165) is 22.0 Å². The van der Waals surface area contributed by atoms with Crippen LogP contribution < -0.4 is 5.32 Å². The van der Waals surface area contributed by atoms with E-state index in [1.807, 2.05) is 30.5 Å². The molecule has 0 radical (unpaired) electrons. The summed E-state index contributed by atoms with van der Waals surface area (Å²) in [6, 6.07) is 13.0. The molecule has 3 N–H and O–H groups in total. The number of para-hydroxylation sites is 1. The lowest BCUT2D eigenvalue weighted by atomic mass is 10.0. The quantitative estimate of drug-likeness (QED) is 0.453. The number of hydrogen-bond donors (Lipinski definition) is 3. The lowest BCUT2D eigenvalue weighted by molar-refractivity contribution is -0.384. The van der Waals surface area contributed by atoms with Crippen LogP contribution in [0.3, 0.4) is 0 Å². The van der Waals surface area contributed by atoms with Crippen molar-refractivity contribution in [3.8, 4) is 0 Å².